The van der Waals surface area contributed by atoms with Gasteiger partial charge in [0, 0.05) is 6.04 Å². The van der Waals surface area contributed by atoms with Crippen molar-refractivity contribution in [3.63, 3.8) is 0 Å². The molecule has 0 radical (unpaired) electrons. The molecular formula is C14H25N3. The number of unbranched alkanes of at least 4 members (excludes halogenated alkanes) is 2. The smallest absolute Gasteiger partial charge is 0.0676 e. The summed E-state index contributed by atoms with van der Waals surface area (Å²) in [5.74, 6) is 0. The van der Waals surface area contributed by atoms with Gasteiger partial charge < -0.3 is 5.32 Å². The van der Waals surface area contributed by atoms with Crippen LogP contribution in [0.3, 0.4) is 0 Å². The van der Waals surface area contributed by atoms with Crippen LogP contribution >= 0.6 is 0 Å². The van der Waals surface area contributed by atoms with Crippen LogP contribution in [0.4, 0.5) is 0 Å². The number of hydrogen-bond acceptors (Lipinski definition) is 3. The highest BCUT2D eigenvalue weighted by molar-refractivity contribution is 5.24. The normalized spacial score (nSPS) is 12.7. The lowest BCUT2D eigenvalue weighted by Crippen LogP contribution is -2.19. The van der Waals surface area contributed by atoms with Crippen molar-refractivity contribution in [2.45, 2.75) is 58.9 Å². The Morgan fingerprint density at radius 1 is 1.24 bits per heavy atom. The molecule has 0 fully saturated rings. The lowest BCUT2D eigenvalue weighted by Gasteiger charge is -2.19. The van der Waals surface area contributed by atoms with Crippen molar-refractivity contribution >= 4 is 0 Å². The minimum Gasteiger partial charge on any atom is -0.313 e. The van der Waals surface area contributed by atoms with Crippen LogP contribution in [-0.2, 0) is 6.42 Å². The fourth-order valence-electron chi connectivity index (χ4n) is 2.16. The van der Waals surface area contributed by atoms with Crippen molar-refractivity contribution in [3.05, 3.63) is 23.0 Å². The molecule has 0 amide bonds. The van der Waals surface area contributed by atoms with Crippen molar-refractivity contribution in [3.8, 4) is 0 Å². The molecule has 1 aromatic heterocycles. The molecule has 0 spiro atoms. The standard InChI is InChI=1S/C14H25N3/c1-5-7-8-9-14(15-4)12-10-11(3)16-17-13(12)6-2/h10,14-15H,5-9H2,1-4H3. The maximum atomic E-state index is 4.30. The van der Waals surface area contributed by atoms with Gasteiger partial charge in [0.1, 0.15) is 0 Å². The summed E-state index contributed by atoms with van der Waals surface area (Å²) >= 11 is 0. The highest BCUT2D eigenvalue weighted by Gasteiger charge is 2.14. The summed E-state index contributed by atoms with van der Waals surface area (Å²) in [6.45, 7) is 6.39. The predicted octanol–water partition coefficient (Wildman–Crippen LogP) is 3.19. The minimum atomic E-state index is 0.422. The Kier molecular flexibility index (Phi) is 6.12. The first kappa shape index (κ1) is 14.1. The number of nitrogens with zero attached hydrogens (tertiary/aromatic N) is 2. The highest BCUT2D eigenvalue weighted by atomic mass is 15.1. The number of aryl methyl sites for hydroxylation is 2. The third-order valence-corrected chi connectivity index (χ3v) is 3.18. The Balaban J connectivity index is 2.82. The van der Waals surface area contributed by atoms with Crippen LogP contribution in [-0.4, -0.2) is 17.2 Å². The molecule has 0 aliphatic rings. The van der Waals surface area contributed by atoms with E-state index >= 15 is 0 Å². The maximum Gasteiger partial charge on any atom is 0.0676 e. The van der Waals surface area contributed by atoms with Crippen molar-refractivity contribution in [1.29, 1.82) is 0 Å². The largest absolute Gasteiger partial charge is 0.313 e. The maximum absolute atomic E-state index is 4.30. The Morgan fingerprint density at radius 3 is 2.59 bits per heavy atom. The van der Waals surface area contributed by atoms with Crippen molar-refractivity contribution in [2.75, 3.05) is 7.05 Å². The van der Waals surface area contributed by atoms with Crippen LogP contribution in [0.15, 0.2) is 6.07 Å². The quantitative estimate of drug-likeness (QED) is 0.738. The van der Waals surface area contributed by atoms with Crippen LogP contribution in [0, 0.1) is 6.92 Å². The van der Waals surface area contributed by atoms with Gasteiger partial charge in [0.25, 0.3) is 0 Å². The zero-order valence-corrected chi connectivity index (χ0v) is 11.6. The highest BCUT2D eigenvalue weighted by Crippen LogP contribution is 2.22. The number of nitrogens with one attached hydrogen (secondary N) is 1. The van der Waals surface area contributed by atoms with E-state index in [0.29, 0.717) is 6.04 Å². The molecule has 17 heavy (non-hydrogen) atoms. The molecule has 0 aliphatic carbocycles. The van der Waals surface area contributed by atoms with E-state index in [2.05, 4.69) is 35.4 Å². The van der Waals surface area contributed by atoms with Gasteiger partial charge in [0.05, 0.1) is 11.4 Å². The molecule has 3 heteroatoms. The molecule has 0 bridgehead atoms. The van der Waals surface area contributed by atoms with E-state index in [0.717, 1.165) is 17.8 Å². The summed E-state index contributed by atoms with van der Waals surface area (Å²) in [5.41, 5.74) is 3.47. The fraction of sp³-hybridized carbons (Fsp3) is 0.714. The molecule has 0 saturated heterocycles. The Morgan fingerprint density at radius 2 is 2.00 bits per heavy atom. The molecule has 1 rings (SSSR count). The molecule has 1 atom stereocenters. The molecule has 1 N–H and O–H groups in total. The van der Waals surface area contributed by atoms with Gasteiger partial charge in [-0.3, -0.25) is 0 Å². The Labute approximate surface area is 105 Å². The minimum absolute atomic E-state index is 0.422. The van der Waals surface area contributed by atoms with Gasteiger partial charge in [-0.2, -0.15) is 10.2 Å². The monoisotopic (exact) mass is 235 g/mol. The van der Waals surface area contributed by atoms with Crippen LogP contribution in [0.1, 0.15) is 62.5 Å². The molecular weight excluding hydrogens is 210 g/mol. The van der Waals surface area contributed by atoms with Gasteiger partial charge in [-0.15, -0.1) is 0 Å². The second-order valence-corrected chi connectivity index (χ2v) is 4.58. The van der Waals surface area contributed by atoms with Crippen molar-refractivity contribution in [1.82, 2.24) is 15.5 Å². The Hall–Kier alpha value is -0.960. The molecule has 1 heterocycles. The van der Waals surface area contributed by atoms with Crippen LogP contribution < -0.4 is 5.32 Å². The first-order valence-electron chi connectivity index (χ1n) is 6.73. The molecule has 96 valence electrons. The van der Waals surface area contributed by atoms with Gasteiger partial charge in [-0.1, -0.05) is 33.1 Å². The summed E-state index contributed by atoms with van der Waals surface area (Å²) in [6.07, 6.45) is 5.98. The third-order valence-electron chi connectivity index (χ3n) is 3.18. The number of rotatable bonds is 7. The van der Waals surface area contributed by atoms with Gasteiger partial charge in [-0.05, 0) is 38.4 Å². The average molecular weight is 235 g/mol. The molecule has 0 saturated carbocycles. The number of aromatic nitrogens is 2. The lowest BCUT2D eigenvalue weighted by atomic mass is 9.98. The molecule has 0 aromatic carbocycles. The second kappa shape index (κ2) is 7.38. The SMILES string of the molecule is CCCCCC(NC)c1cc(C)nnc1CC. The van der Waals surface area contributed by atoms with Gasteiger partial charge in [0.2, 0.25) is 0 Å². The van der Waals surface area contributed by atoms with Crippen LogP contribution in [0.25, 0.3) is 0 Å². The zero-order valence-electron chi connectivity index (χ0n) is 11.6. The summed E-state index contributed by atoms with van der Waals surface area (Å²) in [7, 11) is 2.03. The number of hydrogen-bond donors (Lipinski definition) is 1. The summed E-state index contributed by atoms with van der Waals surface area (Å²) in [4.78, 5) is 0. The third kappa shape index (κ3) is 4.08. The van der Waals surface area contributed by atoms with Gasteiger partial charge in [-0.25, -0.2) is 0 Å². The first-order valence-corrected chi connectivity index (χ1v) is 6.73. The van der Waals surface area contributed by atoms with E-state index in [1.165, 1.54) is 31.2 Å². The molecule has 0 aliphatic heterocycles. The van der Waals surface area contributed by atoms with Gasteiger partial charge in [0.15, 0.2) is 0 Å². The van der Waals surface area contributed by atoms with Crippen LogP contribution in [0.2, 0.25) is 0 Å². The van der Waals surface area contributed by atoms with E-state index in [1.807, 2.05) is 14.0 Å². The lowest BCUT2D eigenvalue weighted by molar-refractivity contribution is 0.505. The first-order chi connectivity index (χ1) is 8.22. The average Bonchev–Trinajstić information content (AvgIpc) is 2.35. The van der Waals surface area contributed by atoms with Crippen molar-refractivity contribution in [2.24, 2.45) is 0 Å². The summed E-state index contributed by atoms with van der Waals surface area (Å²) < 4.78 is 0. The zero-order chi connectivity index (χ0) is 12.7. The van der Waals surface area contributed by atoms with E-state index in [-0.39, 0.29) is 0 Å². The second-order valence-electron chi connectivity index (χ2n) is 4.58. The van der Waals surface area contributed by atoms with Crippen LogP contribution in [0.5, 0.6) is 0 Å². The van der Waals surface area contributed by atoms with E-state index < -0.39 is 0 Å². The topological polar surface area (TPSA) is 37.8 Å². The van der Waals surface area contributed by atoms with E-state index in [4.69, 9.17) is 0 Å². The summed E-state index contributed by atoms with van der Waals surface area (Å²) in [6, 6.07) is 2.60. The summed E-state index contributed by atoms with van der Waals surface area (Å²) in [5, 5.41) is 11.9. The Bertz CT molecular complexity index is 336. The van der Waals surface area contributed by atoms with Gasteiger partial charge >= 0.3 is 0 Å². The molecule has 1 unspecified atom stereocenters. The molecule has 3 nitrogen and oxygen atoms in total. The van der Waals surface area contributed by atoms with Crippen molar-refractivity contribution < 1.29 is 0 Å². The van der Waals surface area contributed by atoms with E-state index in [9.17, 15) is 0 Å². The fourth-order valence-corrected chi connectivity index (χ4v) is 2.16. The molecule has 1 aromatic rings. The predicted molar refractivity (Wildman–Crippen MR) is 72.1 cm³/mol. The van der Waals surface area contributed by atoms with E-state index in [1.54, 1.807) is 0 Å².